The van der Waals surface area contributed by atoms with Crippen LogP contribution in [0.3, 0.4) is 0 Å². The van der Waals surface area contributed by atoms with E-state index in [1.807, 2.05) is 13.8 Å². The van der Waals surface area contributed by atoms with Crippen molar-refractivity contribution in [3.8, 4) is 0 Å². The summed E-state index contributed by atoms with van der Waals surface area (Å²) < 4.78 is 28.9. The van der Waals surface area contributed by atoms with Crippen LogP contribution in [0.5, 0.6) is 0 Å². The minimum Gasteiger partial charge on any atom is -0.376 e. The zero-order chi connectivity index (χ0) is 13.4. The average molecular weight is 270 g/mol. The molecule has 0 aliphatic carbocycles. The fraction of sp³-hybridized carbons (Fsp3) is 0.583. The van der Waals surface area contributed by atoms with Crippen molar-refractivity contribution < 1.29 is 13.2 Å². The molecule has 18 heavy (non-hydrogen) atoms. The lowest BCUT2D eigenvalue weighted by Crippen LogP contribution is -2.41. The minimum absolute atomic E-state index is 0.0203. The van der Waals surface area contributed by atoms with E-state index in [0.717, 1.165) is 6.42 Å². The summed E-state index contributed by atoms with van der Waals surface area (Å²) in [4.78, 5) is 4.37. The number of rotatable bonds is 3. The zero-order valence-corrected chi connectivity index (χ0v) is 11.6. The molecule has 100 valence electrons. The molecule has 5 nitrogen and oxygen atoms in total. The number of sulfone groups is 1. The van der Waals surface area contributed by atoms with E-state index in [2.05, 4.69) is 10.3 Å². The van der Waals surface area contributed by atoms with Crippen molar-refractivity contribution in [1.29, 1.82) is 0 Å². The molecule has 2 unspecified atom stereocenters. The third-order valence-corrected chi connectivity index (χ3v) is 4.59. The quantitative estimate of drug-likeness (QED) is 0.900. The Morgan fingerprint density at radius 1 is 1.56 bits per heavy atom. The number of hydrogen-bond donors (Lipinski definition) is 1. The largest absolute Gasteiger partial charge is 0.376 e. The third kappa shape index (κ3) is 2.49. The van der Waals surface area contributed by atoms with Gasteiger partial charge < -0.3 is 10.1 Å². The van der Waals surface area contributed by atoms with Crippen LogP contribution in [0, 0.1) is 0 Å². The second-order valence-corrected chi connectivity index (χ2v) is 6.91. The van der Waals surface area contributed by atoms with Crippen molar-refractivity contribution in [2.75, 3.05) is 18.2 Å². The lowest BCUT2D eigenvalue weighted by Gasteiger charge is -2.30. The van der Waals surface area contributed by atoms with E-state index < -0.39 is 9.84 Å². The molecule has 0 spiro atoms. The first kappa shape index (κ1) is 13.3. The van der Waals surface area contributed by atoms with Gasteiger partial charge in [-0.25, -0.2) is 13.4 Å². The molecule has 6 heteroatoms. The Kier molecular flexibility index (Phi) is 3.33. The van der Waals surface area contributed by atoms with Crippen LogP contribution in [0.4, 0.5) is 5.82 Å². The van der Waals surface area contributed by atoms with E-state index in [1.54, 1.807) is 18.3 Å². The highest BCUT2D eigenvalue weighted by molar-refractivity contribution is 7.90. The van der Waals surface area contributed by atoms with Gasteiger partial charge in [-0.05, 0) is 32.4 Å². The van der Waals surface area contributed by atoms with E-state index >= 15 is 0 Å². The number of pyridine rings is 1. The van der Waals surface area contributed by atoms with Crippen molar-refractivity contribution in [1.82, 2.24) is 4.98 Å². The van der Waals surface area contributed by atoms with E-state index in [-0.39, 0.29) is 16.5 Å². The van der Waals surface area contributed by atoms with E-state index in [0.29, 0.717) is 12.4 Å². The predicted molar refractivity (Wildman–Crippen MR) is 69.4 cm³/mol. The Morgan fingerprint density at radius 3 is 2.83 bits per heavy atom. The first-order valence-corrected chi connectivity index (χ1v) is 7.77. The maximum absolute atomic E-state index is 11.7. The highest BCUT2D eigenvalue weighted by Crippen LogP contribution is 2.31. The Labute approximate surface area is 107 Å². The topological polar surface area (TPSA) is 68.3 Å². The van der Waals surface area contributed by atoms with E-state index in [9.17, 15) is 8.42 Å². The van der Waals surface area contributed by atoms with Gasteiger partial charge in [-0.2, -0.15) is 0 Å². The van der Waals surface area contributed by atoms with Gasteiger partial charge in [0.15, 0.2) is 9.84 Å². The van der Waals surface area contributed by atoms with Crippen LogP contribution in [0.1, 0.15) is 20.3 Å². The number of anilines is 1. The van der Waals surface area contributed by atoms with Crippen LogP contribution in [0.15, 0.2) is 23.2 Å². The van der Waals surface area contributed by atoms with Crippen molar-refractivity contribution >= 4 is 15.7 Å². The van der Waals surface area contributed by atoms with Gasteiger partial charge in [0.2, 0.25) is 0 Å². The van der Waals surface area contributed by atoms with Gasteiger partial charge in [0, 0.05) is 19.1 Å². The van der Waals surface area contributed by atoms with Gasteiger partial charge >= 0.3 is 0 Å². The summed E-state index contributed by atoms with van der Waals surface area (Å²) in [7, 11) is -3.29. The summed E-state index contributed by atoms with van der Waals surface area (Å²) in [5.41, 5.74) is -0.284. The zero-order valence-electron chi connectivity index (χ0n) is 10.8. The standard InChI is InChI=1S/C12H18N2O3S/c1-9-12(2,6-8-17-9)14-11-10(18(3,15)16)5-4-7-13-11/h4-5,7,9H,6,8H2,1-3H3,(H,13,14). The van der Waals surface area contributed by atoms with Crippen molar-refractivity contribution in [2.45, 2.75) is 36.8 Å². The molecule has 2 heterocycles. The predicted octanol–water partition coefficient (Wildman–Crippen LogP) is 1.46. The Morgan fingerprint density at radius 2 is 2.28 bits per heavy atom. The maximum Gasteiger partial charge on any atom is 0.179 e. The van der Waals surface area contributed by atoms with Crippen LogP contribution in [0.25, 0.3) is 0 Å². The van der Waals surface area contributed by atoms with Gasteiger partial charge in [0.1, 0.15) is 10.7 Å². The van der Waals surface area contributed by atoms with Crippen LogP contribution in [-0.2, 0) is 14.6 Å². The molecule has 2 atom stereocenters. The van der Waals surface area contributed by atoms with Crippen molar-refractivity contribution in [3.63, 3.8) is 0 Å². The number of ether oxygens (including phenoxy) is 1. The molecule has 0 amide bonds. The number of hydrogen-bond acceptors (Lipinski definition) is 5. The molecule has 0 saturated carbocycles. The number of aromatic nitrogens is 1. The van der Waals surface area contributed by atoms with Gasteiger partial charge in [-0.15, -0.1) is 0 Å². The summed E-state index contributed by atoms with van der Waals surface area (Å²) in [5.74, 6) is 0.403. The molecule has 1 fully saturated rings. The molecule has 1 aliphatic rings. The highest BCUT2D eigenvalue weighted by Gasteiger charge is 2.38. The normalized spacial score (nSPS) is 28.3. The molecule has 1 N–H and O–H groups in total. The second kappa shape index (κ2) is 4.51. The summed E-state index contributed by atoms with van der Waals surface area (Å²) in [6.07, 6.45) is 3.62. The number of nitrogens with zero attached hydrogens (tertiary/aromatic N) is 1. The Balaban J connectivity index is 2.36. The molecule has 0 aromatic carbocycles. The lowest BCUT2D eigenvalue weighted by atomic mass is 9.95. The highest BCUT2D eigenvalue weighted by atomic mass is 32.2. The summed E-state index contributed by atoms with van der Waals surface area (Å²) in [5, 5.41) is 3.23. The van der Waals surface area contributed by atoms with Crippen LogP contribution in [-0.4, -0.2) is 37.9 Å². The van der Waals surface area contributed by atoms with Crippen LogP contribution in [0.2, 0.25) is 0 Å². The van der Waals surface area contributed by atoms with Gasteiger partial charge in [0.25, 0.3) is 0 Å². The number of nitrogens with one attached hydrogen (secondary N) is 1. The van der Waals surface area contributed by atoms with Crippen LogP contribution >= 0.6 is 0 Å². The smallest absolute Gasteiger partial charge is 0.179 e. The first-order chi connectivity index (χ1) is 8.33. The Hall–Kier alpha value is -1.14. The van der Waals surface area contributed by atoms with Crippen LogP contribution < -0.4 is 5.32 Å². The summed E-state index contributed by atoms with van der Waals surface area (Å²) >= 11 is 0. The fourth-order valence-electron chi connectivity index (χ4n) is 2.05. The second-order valence-electron chi connectivity index (χ2n) is 4.93. The maximum atomic E-state index is 11.7. The molecular weight excluding hydrogens is 252 g/mol. The first-order valence-electron chi connectivity index (χ1n) is 5.88. The molecule has 0 radical (unpaired) electrons. The van der Waals surface area contributed by atoms with Crippen molar-refractivity contribution in [2.24, 2.45) is 0 Å². The average Bonchev–Trinajstić information content (AvgIpc) is 2.58. The fourth-order valence-corrected chi connectivity index (χ4v) is 2.83. The monoisotopic (exact) mass is 270 g/mol. The van der Waals surface area contributed by atoms with Gasteiger partial charge in [0.05, 0.1) is 11.6 Å². The molecule has 2 rings (SSSR count). The third-order valence-electron chi connectivity index (χ3n) is 3.46. The summed E-state index contributed by atoms with van der Waals surface area (Å²) in [6, 6.07) is 3.19. The van der Waals surface area contributed by atoms with E-state index in [1.165, 1.54) is 6.26 Å². The SMILES string of the molecule is CC1OCCC1(C)Nc1ncccc1S(C)(=O)=O. The van der Waals surface area contributed by atoms with Gasteiger partial charge in [-0.1, -0.05) is 0 Å². The summed E-state index contributed by atoms with van der Waals surface area (Å²) in [6.45, 7) is 4.67. The molecule has 1 aromatic rings. The molecule has 1 aliphatic heterocycles. The molecule has 0 bridgehead atoms. The molecular formula is C12H18N2O3S. The minimum atomic E-state index is -3.29. The molecule has 1 saturated heterocycles. The van der Waals surface area contributed by atoms with E-state index in [4.69, 9.17) is 4.74 Å². The van der Waals surface area contributed by atoms with Gasteiger partial charge in [-0.3, -0.25) is 0 Å². The molecule has 1 aromatic heterocycles. The lowest BCUT2D eigenvalue weighted by molar-refractivity contribution is 0.105. The Bertz CT molecular complexity index is 544. The van der Waals surface area contributed by atoms with Crippen molar-refractivity contribution in [3.05, 3.63) is 18.3 Å².